The van der Waals surface area contributed by atoms with Gasteiger partial charge in [-0.3, -0.25) is 4.79 Å². The van der Waals surface area contributed by atoms with Crippen LogP contribution in [0.25, 0.3) is 0 Å². The number of para-hydroxylation sites is 1. The first kappa shape index (κ1) is 17.8. The van der Waals surface area contributed by atoms with E-state index in [1.54, 1.807) is 6.92 Å². The molecule has 1 unspecified atom stereocenters. The fourth-order valence-electron chi connectivity index (χ4n) is 1.85. The largest absolute Gasteiger partial charge is 0.479 e. The number of aliphatic hydroxyl groups excluding tert-OH is 1. The van der Waals surface area contributed by atoms with E-state index >= 15 is 0 Å². The third-order valence-corrected chi connectivity index (χ3v) is 2.77. The highest BCUT2D eigenvalue weighted by atomic mass is 19.3. The van der Waals surface area contributed by atoms with Crippen molar-refractivity contribution in [2.45, 2.75) is 32.5 Å². The minimum Gasteiger partial charge on any atom is -0.479 e. The van der Waals surface area contributed by atoms with Gasteiger partial charge in [-0.2, -0.15) is 8.78 Å². The Morgan fingerprint density at radius 1 is 1.32 bits per heavy atom. The number of rotatable bonds is 8. The summed E-state index contributed by atoms with van der Waals surface area (Å²) in [6, 6.07) is 3.97. The predicted octanol–water partition coefficient (Wildman–Crippen LogP) is 1.90. The molecule has 1 atom stereocenters. The van der Waals surface area contributed by atoms with Gasteiger partial charge in [0.25, 0.3) is 0 Å². The minimum absolute atomic E-state index is 0.0149. The number of aliphatic hydroxyl groups is 1. The van der Waals surface area contributed by atoms with E-state index in [-0.39, 0.29) is 30.6 Å². The maximum atomic E-state index is 12.5. The van der Waals surface area contributed by atoms with Crippen molar-refractivity contribution in [1.82, 2.24) is 0 Å². The Balaban J connectivity index is 3.07. The number of benzene rings is 1. The molecule has 0 aliphatic rings. The summed E-state index contributed by atoms with van der Waals surface area (Å²) in [5.41, 5.74) is -0.111. The molecule has 6 nitrogen and oxygen atoms in total. The highest BCUT2D eigenvalue weighted by molar-refractivity contribution is 5.75. The number of carbonyl (C=O) groups is 2. The van der Waals surface area contributed by atoms with Gasteiger partial charge in [-0.25, -0.2) is 4.79 Å². The van der Waals surface area contributed by atoms with E-state index in [2.05, 4.69) is 4.74 Å². The smallest absolute Gasteiger partial charge is 0.387 e. The summed E-state index contributed by atoms with van der Waals surface area (Å²) in [4.78, 5) is 22.2. The fraction of sp³-hybridized carbons (Fsp3) is 0.429. The number of aliphatic carboxylic acids is 1. The van der Waals surface area contributed by atoms with Crippen LogP contribution in [0.1, 0.15) is 30.6 Å². The third kappa shape index (κ3) is 4.96. The lowest BCUT2D eigenvalue weighted by Gasteiger charge is -2.17. The van der Waals surface area contributed by atoms with Crippen LogP contribution in [-0.2, 0) is 20.7 Å². The second-order valence-electron chi connectivity index (χ2n) is 4.26. The molecule has 0 bridgehead atoms. The normalized spacial score (nSPS) is 12.0. The number of hydrogen-bond acceptors (Lipinski definition) is 5. The highest BCUT2D eigenvalue weighted by Crippen LogP contribution is 2.31. The Morgan fingerprint density at radius 3 is 2.55 bits per heavy atom. The number of halogens is 2. The second-order valence-corrected chi connectivity index (χ2v) is 4.26. The summed E-state index contributed by atoms with van der Waals surface area (Å²) < 4.78 is 34.1. The van der Waals surface area contributed by atoms with Crippen molar-refractivity contribution >= 4 is 11.9 Å². The Labute approximate surface area is 125 Å². The number of carbonyl (C=O) groups excluding carboxylic acids is 1. The van der Waals surface area contributed by atoms with Gasteiger partial charge in [0.15, 0.2) is 6.10 Å². The van der Waals surface area contributed by atoms with Gasteiger partial charge in [0.1, 0.15) is 5.75 Å². The average Bonchev–Trinajstić information content (AvgIpc) is 2.45. The SMILES string of the molecule is CCOC(=O)CCc1cccc(C(O)C(=O)O)c1OC(F)F. The predicted molar refractivity (Wildman–Crippen MR) is 70.6 cm³/mol. The molecule has 22 heavy (non-hydrogen) atoms. The Bertz CT molecular complexity index is 532. The molecular formula is C14H16F2O6. The number of hydrogen-bond donors (Lipinski definition) is 2. The van der Waals surface area contributed by atoms with Gasteiger partial charge in [-0.05, 0) is 18.9 Å². The lowest BCUT2D eigenvalue weighted by atomic mass is 10.0. The Morgan fingerprint density at radius 2 is 2.00 bits per heavy atom. The van der Waals surface area contributed by atoms with Gasteiger partial charge in [0.2, 0.25) is 0 Å². The molecule has 1 aromatic carbocycles. The summed E-state index contributed by atoms with van der Waals surface area (Å²) in [7, 11) is 0. The quantitative estimate of drug-likeness (QED) is 0.711. The van der Waals surface area contributed by atoms with Gasteiger partial charge in [0.05, 0.1) is 6.61 Å². The van der Waals surface area contributed by atoms with E-state index in [1.807, 2.05) is 0 Å². The molecule has 0 amide bonds. The molecule has 122 valence electrons. The number of ether oxygens (including phenoxy) is 2. The zero-order valence-electron chi connectivity index (χ0n) is 11.8. The van der Waals surface area contributed by atoms with E-state index in [4.69, 9.17) is 9.84 Å². The van der Waals surface area contributed by atoms with E-state index in [0.717, 1.165) is 0 Å². The van der Waals surface area contributed by atoms with Crippen molar-refractivity contribution in [2.24, 2.45) is 0 Å². The molecule has 0 aliphatic carbocycles. The lowest BCUT2D eigenvalue weighted by Crippen LogP contribution is -2.15. The van der Waals surface area contributed by atoms with E-state index in [0.29, 0.717) is 0 Å². The summed E-state index contributed by atoms with van der Waals surface area (Å²) in [6.45, 7) is -1.37. The first-order valence-electron chi connectivity index (χ1n) is 6.49. The molecule has 0 aliphatic heterocycles. The first-order valence-corrected chi connectivity index (χ1v) is 6.49. The van der Waals surface area contributed by atoms with Gasteiger partial charge in [0, 0.05) is 12.0 Å². The van der Waals surface area contributed by atoms with Crippen molar-refractivity contribution in [3.63, 3.8) is 0 Å². The Kier molecular flexibility index (Phi) is 6.71. The molecule has 0 spiro atoms. The molecule has 0 heterocycles. The van der Waals surface area contributed by atoms with E-state index in [9.17, 15) is 23.5 Å². The van der Waals surface area contributed by atoms with Gasteiger partial charge in [-0.15, -0.1) is 0 Å². The number of aryl methyl sites for hydroxylation is 1. The van der Waals surface area contributed by atoms with Crippen LogP contribution in [0.2, 0.25) is 0 Å². The minimum atomic E-state index is -3.19. The van der Waals surface area contributed by atoms with Crippen molar-refractivity contribution in [2.75, 3.05) is 6.61 Å². The summed E-state index contributed by atoms with van der Waals surface area (Å²) >= 11 is 0. The Hall–Kier alpha value is -2.22. The molecule has 0 fully saturated rings. The van der Waals surface area contributed by atoms with Crippen LogP contribution in [0.15, 0.2) is 18.2 Å². The molecule has 1 rings (SSSR count). The molecule has 0 radical (unpaired) electrons. The average molecular weight is 318 g/mol. The molecule has 2 N–H and O–H groups in total. The van der Waals surface area contributed by atoms with Crippen LogP contribution in [0.5, 0.6) is 5.75 Å². The second kappa shape index (κ2) is 8.28. The number of carboxylic acids is 1. The van der Waals surface area contributed by atoms with Crippen LogP contribution in [0.4, 0.5) is 8.78 Å². The summed E-state index contributed by atoms with van der Waals surface area (Å²) in [6.07, 6.45) is -2.07. The standard InChI is InChI=1S/C14H16F2O6/c1-2-21-10(17)7-6-8-4-3-5-9(11(18)13(19)20)12(8)22-14(15)16/h3-5,11,14,18H,2,6-7H2,1H3,(H,19,20). The van der Waals surface area contributed by atoms with Crippen LogP contribution >= 0.6 is 0 Å². The fourth-order valence-corrected chi connectivity index (χ4v) is 1.85. The zero-order valence-corrected chi connectivity index (χ0v) is 11.8. The third-order valence-electron chi connectivity index (χ3n) is 2.77. The molecular weight excluding hydrogens is 302 g/mol. The van der Waals surface area contributed by atoms with Crippen LogP contribution in [0.3, 0.4) is 0 Å². The van der Waals surface area contributed by atoms with Gasteiger partial charge >= 0.3 is 18.6 Å². The first-order chi connectivity index (χ1) is 10.4. The van der Waals surface area contributed by atoms with Crippen molar-refractivity contribution in [1.29, 1.82) is 0 Å². The molecule has 0 aromatic heterocycles. The summed E-state index contributed by atoms with van der Waals surface area (Å²) in [5, 5.41) is 18.4. The van der Waals surface area contributed by atoms with E-state index < -0.39 is 30.4 Å². The summed E-state index contributed by atoms with van der Waals surface area (Å²) in [5.74, 6) is -2.55. The van der Waals surface area contributed by atoms with Crippen molar-refractivity contribution < 1.29 is 38.1 Å². The molecule has 8 heteroatoms. The van der Waals surface area contributed by atoms with Crippen LogP contribution in [-0.4, -0.2) is 35.4 Å². The monoisotopic (exact) mass is 318 g/mol. The lowest BCUT2D eigenvalue weighted by molar-refractivity contribution is -0.147. The van der Waals surface area contributed by atoms with Crippen LogP contribution in [0, 0.1) is 0 Å². The number of alkyl halides is 2. The number of carboxylic acid groups (broad SMARTS) is 1. The topological polar surface area (TPSA) is 93.1 Å². The molecule has 0 saturated carbocycles. The van der Waals surface area contributed by atoms with Crippen molar-refractivity contribution in [3.8, 4) is 5.75 Å². The van der Waals surface area contributed by atoms with Crippen molar-refractivity contribution in [3.05, 3.63) is 29.3 Å². The highest BCUT2D eigenvalue weighted by Gasteiger charge is 2.24. The van der Waals surface area contributed by atoms with Gasteiger partial charge in [-0.1, -0.05) is 18.2 Å². The number of esters is 1. The molecule has 1 aromatic rings. The molecule has 0 saturated heterocycles. The van der Waals surface area contributed by atoms with E-state index in [1.165, 1.54) is 18.2 Å². The zero-order chi connectivity index (χ0) is 16.7. The van der Waals surface area contributed by atoms with Crippen LogP contribution < -0.4 is 4.74 Å². The van der Waals surface area contributed by atoms with Gasteiger partial charge < -0.3 is 19.7 Å². The maximum absolute atomic E-state index is 12.5. The maximum Gasteiger partial charge on any atom is 0.387 e.